The van der Waals surface area contributed by atoms with Gasteiger partial charge in [0.2, 0.25) is 0 Å². The van der Waals surface area contributed by atoms with Gasteiger partial charge in [-0.2, -0.15) is 17.7 Å². The Morgan fingerprint density at radius 3 is 2.71 bits per heavy atom. The largest absolute Gasteiger partial charge is 0.294 e. The molecule has 0 saturated carbocycles. The summed E-state index contributed by atoms with van der Waals surface area (Å²) in [5.41, 5.74) is 4.46. The van der Waals surface area contributed by atoms with E-state index in [0.29, 0.717) is 6.04 Å². The van der Waals surface area contributed by atoms with Crippen LogP contribution in [0.15, 0.2) is 48.5 Å². The molecule has 1 atom stereocenters. The Labute approximate surface area is 103 Å². The zero-order valence-corrected chi connectivity index (χ0v) is 10.3. The van der Waals surface area contributed by atoms with Gasteiger partial charge in [0, 0.05) is 19.1 Å². The van der Waals surface area contributed by atoms with Gasteiger partial charge in [0.1, 0.15) is 0 Å². The fourth-order valence-electron chi connectivity index (χ4n) is 2.73. The number of hydrogen-bond donors (Lipinski definition) is 0. The maximum atomic E-state index is 2.57. The molecule has 0 saturated heterocycles. The van der Waals surface area contributed by atoms with E-state index in [1.165, 1.54) is 29.7 Å². The highest BCUT2D eigenvalue weighted by Crippen LogP contribution is 2.27. The highest BCUT2D eigenvalue weighted by atomic mass is 15.2. The molecule has 88 valence electrons. The summed E-state index contributed by atoms with van der Waals surface area (Å²) in [5, 5.41) is 0. The summed E-state index contributed by atoms with van der Waals surface area (Å²) in [5.74, 6) is 0. The molecule has 1 aliphatic heterocycles. The van der Waals surface area contributed by atoms with Crippen LogP contribution >= 0.6 is 0 Å². The Bertz CT molecular complexity index is 484. The lowest BCUT2D eigenvalue weighted by Crippen LogP contribution is -2.32. The Morgan fingerprint density at radius 2 is 1.94 bits per heavy atom. The van der Waals surface area contributed by atoms with Crippen LogP contribution < -0.4 is 0 Å². The van der Waals surface area contributed by atoms with E-state index in [-0.39, 0.29) is 0 Å². The zero-order valence-electron chi connectivity index (χ0n) is 10.3. The normalized spacial score (nSPS) is 17.7. The van der Waals surface area contributed by atoms with Crippen LogP contribution in [-0.4, -0.2) is 11.4 Å². The van der Waals surface area contributed by atoms with E-state index >= 15 is 0 Å². The minimum absolute atomic E-state index is 0.526. The third kappa shape index (κ3) is 2.03. The molecule has 0 spiro atoms. The van der Waals surface area contributed by atoms with E-state index in [9.17, 15) is 0 Å². The minimum Gasteiger partial charge on any atom is -0.294 e. The molecule has 2 aromatic rings. The molecular formula is C16H18N-. The fraction of sp³-hybridized carbons (Fsp3) is 0.312. The first-order valence-corrected chi connectivity index (χ1v) is 6.37. The van der Waals surface area contributed by atoms with E-state index in [2.05, 4.69) is 60.4 Å². The van der Waals surface area contributed by atoms with Crippen molar-refractivity contribution in [2.45, 2.75) is 25.9 Å². The molecular weight excluding hydrogens is 206 g/mol. The molecule has 0 bridgehead atoms. The van der Waals surface area contributed by atoms with Gasteiger partial charge in [-0.1, -0.05) is 24.3 Å². The number of fused-ring (bicyclic) bond motifs is 1. The van der Waals surface area contributed by atoms with Crippen LogP contribution in [0.25, 0.3) is 0 Å². The van der Waals surface area contributed by atoms with Crippen molar-refractivity contribution in [1.82, 2.24) is 4.90 Å². The van der Waals surface area contributed by atoms with Crippen LogP contribution in [0.5, 0.6) is 0 Å². The van der Waals surface area contributed by atoms with E-state index in [1.807, 2.05) is 0 Å². The van der Waals surface area contributed by atoms with Gasteiger partial charge in [-0.15, -0.1) is 0 Å². The van der Waals surface area contributed by atoms with Gasteiger partial charge in [0.05, 0.1) is 0 Å². The maximum Gasteiger partial charge on any atom is 0.0241 e. The van der Waals surface area contributed by atoms with Crippen LogP contribution in [0.4, 0.5) is 0 Å². The van der Waals surface area contributed by atoms with Crippen molar-refractivity contribution in [3.8, 4) is 0 Å². The van der Waals surface area contributed by atoms with Crippen molar-refractivity contribution in [3.05, 3.63) is 65.2 Å². The lowest BCUT2D eigenvalue weighted by molar-refractivity contribution is 0.192. The van der Waals surface area contributed by atoms with Gasteiger partial charge in [-0.3, -0.25) is 4.90 Å². The van der Waals surface area contributed by atoms with Crippen molar-refractivity contribution in [2.75, 3.05) is 6.54 Å². The standard InChI is InChI=1S/C16H18N/c1-13(14-6-2-3-7-14)17-11-10-15-8-4-5-9-16(15)12-17/h2-9,13H,10-12H2,1H3/q-1. The molecule has 2 aromatic carbocycles. The first kappa shape index (κ1) is 10.7. The second-order valence-corrected chi connectivity index (χ2v) is 4.88. The smallest absolute Gasteiger partial charge is 0.0241 e. The second-order valence-electron chi connectivity index (χ2n) is 4.88. The lowest BCUT2D eigenvalue weighted by atomic mass is 9.98. The summed E-state index contributed by atoms with van der Waals surface area (Å²) in [7, 11) is 0. The summed E-state index contributed by atoms with van der Waals surface area (Å²) in [6.07, 6.45) is 1.18. The van der Waals surface area contributed by atoms with E-state index in [1.54, 1.807) is 0 Å². The van der Waals surface area contributed by atoms with E-state index in [4.69, 9.17) is 0 Å². The molecule has 0 N–H and O–H groups in total. The molecule has 0 aliphatic carbocycles. The van der Waals surface area contributed by atoms with Gasteiger partial charge >= 0.3 is 0 Å². The summed E-state index contributed by atoms with van der Waals surface area (Å²) in [6, 6.07) is 18.1. The molecule has 1 unspecified atom stereocenters. The quantitative estimate of drug-likeness (QED) is 0.705. The highest BCUT2D eigenvalue weighted by Gasteiger charge is 2.19. The van der Waals surface area contributed by atoms with Gasteiger partial charge in [0.15, 0.2) is 0 Å². The minimum atomic E-state index is 0.526. The van der Waals surface area contributed by atoms with E-state index < -0.39 is 0 Å². The Morgan fingerprint density at radius 1 is 1.12 bits per heavy atom. The second kappa shape index (κ2) is 4.42. The number of nitrogens with zero attached hydrogens (tertiary/aromatic N) is 1. The molecule has 0 amide bonds. The maximum absolute atomic E-state index is 2.57. The predicted molar refractivity (Wildman–Crippen MR) is 71.0 cm³/mol. The van der Waals surface area contributed by atoms with Crippen molar-refractivity contribution >= 4 is 0 Å². The monoisotopic (exact) mass is 224 g/mol. The Kier molecular flexibility index (Phi) is 2.77. The van der Waals surface area contributed by atoms with Gasteiger partial charge < -0.3 is 0 Å². The van der Waals surface area contributed by atoms with Crippen molar-refractivity contribution < 1.29 is 0 Å². The molecule has 0 radical (unpaired) electrons. The molecule has 0 fully saturated rings. The van der Waals surface area contributed by atoms with Crippen LogP contribution in [0.2, 0.25) is 0 Å². The van der Waals surface area contributed by atoms with Crippen LogP contribution in [0.3, 0.4) is 0 Å². The van der Waals surface area contributed by atoms with Crippen molar-refractivity contribution in [3.63, 3.8) is 0 Å². The highest BCUT2D eigenvalue weighted by molar-refractivity contribution is 5.30. The topological polar surface area (TPSA) is 3.24 Å². The third-order valence-electron chi connectivity index (χ3n) is 3.88. The number of benzene rings is 1. The lowest BCUT2D eigenvalue weighted by Gasteiger charge is -2.35. The first-order valence-electron chi connectivity index (χ1n) is 6.37. The SMILES string of the molecule is CC(c1ccc[cH-]1)N1CCc2ccccc2C1. The first-order chi connectivity index (χ1) is 8.34. The van der Waals surface area contributed by atoms with Gasteiger partial charge in [-0.05, 0) is 24.5 Å². The molecule has 1 nitrogen and oxygen atoms in total. The van der Waals surface area contributed by atoms with Crippen LogP contribution in [0, 0.1) is 0 Å². The summed E-state index contributed by atoms with van der Waals surface area (Å²) < 4.78 is 0. The number of rotatable bonds is 2. The molecule has 3 rings (SSSR count). The van der Waals surface area contributed by atoms with Gasteiger partial charge in [-0.25, -0.2) is 12.1 Å². The predicted octanol–water partition coefficient (Wildman–Crippen LogP) is 3.52. The zero-order chi connectivity index (χ0) is 11.7. The average molecular weight is 224 g/mol. The Balaban J connectivity index is 1.80. The summed E-state index contributed by atoms with van der Waals surface area (Å²) in [6.45, 7) is 4.56. The molecule has 1 heteroatoms. The fourth-order valence-corrected chi connectivity index (χ4v) is 2.73. The van der Waals surface area contributed by atoms with Gasteiger partial charge in [0.25, 0.3) is 0 Å². The average Bonchev–Trinajstić information content (AvgIpc) is 2.91. The van der Waals surface area contributed by atoms with E-state index in [0.717, 1.165) is 6.54 Å². The summed E-state index contributed by atoms with van der Waals surface area (Å²) in [4.78, 5) is 2.57. The molecule has 1 aliphatic rings. The molecule has 0 aromatic heterocycles. The van der Waals surface area contributed by atoms with Crippen LogP contribution in [0.1, 0.15) is 29.7 Å². The van der Waals surface area contributed by atoms with Crippen molar-refractivity contribution in [2.24, 2.45) is 0 Å². The third-order valence-corrected chi connectivity index (χ3v) is 3.88. The molecule has 1 heterocycles. The number of hydrogen-bond acceptors (Lipinski definition) is 1. The van der Waals surface area contributed by atoms with Crippen molar-refractivity contribution in [1.29, 1.82) is 0 Å². The molecule has 17 heavy (non-hydrogen) atoms. The summed E-state index contributed by atoms with van der Waals surface area (Å²) >= 11 is 0. The van der Waals surface area contributed by atoms with Crippen LogP contribution in [-0.2, 0) is 13.0 Å². The Hall–Kier alpha value is -1.47.